The fourth-order valence-corrected chi connectivity index (χ4v) is 2.55. The second-order valence-electron chi connectivity index (χ2n) is 4.63. The van der Waals surface area contributed by atoms with E-state index in [0.717, 1.165) is 23.9 Å². The number of halogens is 2. The summed E-state index contributed by atoms with van der Waals surface area (Å²) in [5.74, 6) is -1.70. The van der Waals surface area contributed by atoms with Gasteiger partial charge in [-0.05, 0) is 34.7 Å². The van der Waals surface area contributed by atoms with Crippen LogP contribution >= 0.6 is 11.8 Å². The number of hydrogen-bond acceptors (Lipinski definition) is 6. The number of rotatable bonds is 6. The topological polar surface area (TPSA) is 85.8 Å². The lowest BCUT2D eigenvalue weighted by atomic mass is 10.3. The zero-order valence-corrected chi connectivity index (χ0v) is 13.0. The molecule has 0 aliphatic heterocycles. The van der Waals surface area contributed by atoms with Crippen LogP contribution in [0.2, 0.25) is 0 Å². The molecule has 0 atom stereocenters. The van der Waals surface area contributed by atoms with Crippen LogP contribution in [0.1, 0.15) is 5.76 Å². The van der Waals surface area contributed by atoms with Gasteiger partial charge < -0.3 is 9.73 Å². The van der Waals surface area contributed by atoms with Crippen molar-refractivity contribution in [1.29, 1.82) is 0 Å². The van der Waals surface area contributed by atoms with E-state index in [1.165, 1.54) is 17.0 Å². The Morgan fingerprint density at radius 1 is 1.25 bits per heavy atom. The molecule has 3 rings (SSSR count). The summed E-state index contributed by atoms with van der Waals surface area (Å²) in [5.41, 5.74) is -0.474. The maximum absolute atomic E-state index is 13.5. The lowest BCUT2D eigenvalue weighted by molar-refractivity contribution is -0.113. The van der Waals surface area contributed by atoms with Crippen molar-refractivity contribution < 1.29 is 18.0 Å². The average Bonchev–Trinajstić information content (AvgIpc) is 3.21. The summed E-state index contributed by atoms with van der Waals surface area (Å²) in [6.07, 6.45) is 1.53. The van der Waals surface area contributed by atoms with Gasteiger partial charge in [-0.1, -0.05) is 17.8 Å². The van der Waals surface area contributed by atoms with Gasteiger partial charge in [0.15, 0.2) is 0 Å². The van der Waals surface area contributed by atoms with Gasteiger partial charge in [0, 0.05) is 0 Å². The average molecular weight is 351 g/mol. The minimum atomic E-state index is -0.837. The standard InChI is InChI=1S/C14H11F2N5O2S/c15-10-4-1-5-11(16)13(10)17-12(22)8-24-14-18-19-20-21(14)7-9-3-2-6-23-9/h1-6H,7-8H2,(H,17,22). The molecule has 7 nitrogen and oxygen atoms in total. The molecular weight excluding hydrogens is 340 g/mol. The predicted molar refractivity (Wildman–Crippen MR) is 81.3 cm³/mol. The Bertz CT molecular complexity index is 817. The van der Waals surface area contributed by atoms with Gasteiger partial charge in [0.2, 0.25) is 11.1 Å². The third-order valence-electron chi connectivity index (χ3n) is 2.94. The highest BCUT2D eigenvalue weighted by atomic mass is 32.2. The molecule has 124 valence electrons. The molecule has 0 saturated heterocycles. The van der Waals surface area contributed by atoms with E-state index in [2.05, 4.69) is 20.8 Å². The fourth-order valence-electron chi connectivity index (χ4n) is 1.87. The van der Waals surface area contributed by atoms with Crippen molar-refractivity contribution in [1.82, 2.24) is 20.2 Å². The van der Waals surface area contributed by atoms with E-state index in [1.807, 2.05) is 0 Å². The number of thioether (sulfide) groups is 1. The van der Waals surface area contributed by atoms with E-state index < -0.39 is 23.2 Å². The van der Waals surface area contributed by atoms with Crippen LogP contribution in [0.15, 0.2) is 46.2 Å². The molecule has 3 aromatic rings. The molecule has 24 heavy (non-hydrogen) atoms. The first-order chi connectivity index (χ1) is 11.6. The summed E-state index contributed by atoms with van der Waals surface area (Å²) < 4.78 is 33.6. The van der Waals surface area contributed by atoms with Crippen LogP contribution in [0.4, 0.5) is 14.5 Å². The van der Waals surface area contributed by atoms with E-state index in [-0.39, 0.29) is 5.75 Å². The van der Waals surface area contributed by atoms with Crippen LogP contribution in [0.5, 0.6) is 0 Å². The quantitative estimate of drug-likeness (QED) is 0.686. The van der Waals surface area contributed by atoms with Crippen molar-refractivity contribution in [2.45, 2.75) is 11.7 Å². The Balaban J connectivity index is 1.60. The normalized spacial score (nSPS) is 10.8. The minimum Gasteiger partial charge on any atom is -0.467 e. The number of furan rings is 1. The van der Waals surface area contributed by atoms with Crippen molar-refractivity contribution in [3.63, 3.8) is 0 Å². The number of carbonyl (C=O) groups excluding carboxylic acids is 1. The van der Waals surface area contributed by atoms with Crippen LogP contribution in [-0.4, -0.2) is 31.9 Å². The number of nitrogens with one attached hydrogen (secondary N) is 1. The highest BCUT2D eigenvalue weighted by Gasteiger charge is 2.14. The molecule has 1 aromatic carbocycles. The third-order valence-corrected chi connectivity index (χ3v) is 3.90. The Morgan fingerprint density at radius 2 is 2.04 bits per heavy atom. The molecule has 10 heteroatoms. The maximum atomic E-state index is 13.5. The lowest BCUT2D eigenvalue weighted by Gasteiger charge is -2.07. The molecular formula is C14H11F2N5O2S. The number of aromatic nitrogens is 4. The number of benzene rings is 1. The number of tetrazole rings is 1. The predicted octanol–water partition coefficient (Wildman–Crippen LogP) is 2.32. The van der Waals surface area contributed by atoms with Crippen LogP contribution in [-0.2, 0) is 11.3 Å². The van der Waals surface area contributed by atoms with Crippen LogP contribution in [0.3, 0.4) is 0 Å². The summed E-state index contributed by atoms with van der Waals surface area (Å²) >= 11 is 1.04. The van der Waals surface area contributed by atoms with E-state index in [1.54, 1.807) is 12.1 Å². The smallest absolute Gasteiger partial charge is 0.235 e. The number of nitrogens with zero attached hydrogens (tertiary/aromatic N) is 4. The molecule has 0 bridgehead atoms. The van der Waals surface area contributed by atoms with Gasteiger partial charge in [0.05, 0.1) is 12.0 Å². The van der Waals surface area contributed by atoms with Gasteiger partial charge in [-0.3, -0.25) is 4.79 Å². The Kier molecular flexibility index (Phi) is 4.85. The van der Waals surface area contributed by atoms with Gasteiger partial charge in [-0.15, -0.1) is 5.10 Å². The van der Waals surface area contributed by atoms with Crippen molar-refractivity contribution in [3.05, 3.63) is 54.0 Å². The molecule has 0 saturated carbocycles. The second kappa shape index (κ2) is 7.21. The Labute approximate surface area is 139 Å². The van der Waals surface area contributed by atoms with Crippen molar-refractivity contribution in [2.24, 2.45) is 0 Å². The van der Waals surface area contributed by atoms with Gasteiger partial charge in [0.1, 0.15) is 29.6 Å². The summed E-state index contributed by atoms with van der Waals surface area (Å²) in [7, 11) is 0. The monoisotopic (exact) mass is 351 g/mol. The number of hydrogen-bond donors (Lipinski definition) is 1. The Hall–Kier alpha value is -2.75. The van der Waals surface area contributed by atoms with Gasteiger partial charge in [-0.2, -0.15) is 0 Å². The van der Waals surface area contributed by atoms with Gasteiger partial charge >= 0.3 is 0 Å². The molecule has 0 unspecified atom stereocenters. The molecule has 0 aliphatic rings. The molecule has 2 aromatic heterocycles. The number of amides is 1. The molecule has 0 fully saturated rings. The van der Waals surface area contributed by atoms with E-state index in [9.17, 15) is 13.6 Å². The highest BCUT2D eigenvalue weighted by molar-refractivity contribution is 7.99. The SMILES string of the molecule is O=C(CSc1nnnn1Cc1ccco1)Nc1c(F)cccc1F. The first kappa shape index (κ1) is 16.1. The van der Waals surface area contributed by atoms with Crippen LogP contribution < -0.4 is 5.32 Å². The summed E-state index contributed by atoms with van der Waals surface area (Å²) in [4.78, 5) is 11.9. The second-order valence-corrected chi connectivity index (χ2v) is 5.57. The maximum Gasteiger partial charge on any atom is 0.235 e. The van der Waals surface area contributed by atoms with Crippen LogP contribution in [0, 0.1) is 11.6 Å². The van der Waals surface area contributed by atoms with Gasteiger partial charge in [0.25, 0.3) is 0 Å². The summed E-state index contributed by atoms with van der Waals surface area (Å²) in [5, 5.41) is 13.7. The first-order valence-electron chi connectivity index (χ1n) is 6.78. The van der Waals surface area contributed by atoms with Gasteiger partial charge in [-0.25, -0.2) is 13.5 Å². The molecule has 0 radical (unpaired) electrons. The number of carbonyl (C=O) groups is 1. The summed E-state index contributed by atoms with van der Waals surface area (Å²) in [6, 6.07) is 6.86. The number of anilines is 1. The largest absolute Gasteiger partial charge is 0.467 e. The highest BCUT2D eigenvalue weighted by Crippen LogP contribution is 2.20. The Morgan fingerprint density at radius 3 is 2.75 bits per heavy atom. The minimum absolute atomic E-state index is 0.105. The molecule has 1 N–H and O–H groups in total. The molecule has 1 amide bonds. The van der Waals surface area contributed by atoms with Crippen molar-refractivity contribution >= 4 is 23.4 Å². The van der Waals surface area contributed by atoms with Crippen LogP contribution in [0.25, 0.3) is 0 Å². The zero-order valence-electron chi connectivity index (χ0n) is 12.1. The molecule has 0 aliphatic carbocycles. The number of para-hydroxylation sites is 1. The van der Waals surface area contributed by atoms with Crippen molar-refractivity contribution in [3.8, 4) is 0 Å². The van der Waals surface area contributed by atoms with E-state index in [0.29, 0.717) is 17.5 Å². The van der Waals surface area contributed by atoms with E-state index in [4.69, 9.17) is 4.42 Å². The molecule has 0 spiro atoms. The molecule has 2 heterocycles. The first-order valence-corrected chi connectivity index (χ1v) is 7.77. The van der Waals surface area contributed by atoms with E-state index >= 15 is 0 Å². The fraction of sp³-hybridized carbons (Fsp3) is 0.143. The zero-order chi connectivity index (χ0) is 16.9. The van der Waals surface area contributed by atoms with Crippen molar-refractivity contribution in [2.75, 3.05) is 11.1 Å². The third kappa shape index (κ3) is 3.77. The summed E-state index contributed by atoms with van der Waals surface area (Å²) in [6.45, 7) is 0.311. The lowest BCUT2D eigenvalue weighted by Crippen LogP contribution is -2.17.